The minimum Gasteiger partial charge on any atom is -0.396 e. The molecule has 0 bridgehead atoms. The summed E-state index contributed by atoms with van der Waals surface area (Å²) in [4.78, 5) is 15.6. The van der Waals surface area contributed by atoms with E-state index < -0.39 is 6.72 Å². The summed E-state index contributed by atoms with van der Waals surface area (Å²) in [6, 6.07) is 0. The van der Waals surface area contributed by atoms with Crippen molar-refractivity contribution in [1.29, 1.82) is 0 Å². The molecule has 9 heteroatoms. The predicted octanol–water partition coefficient (Wildman–Crippen LogP) is 1.76. The zero-order valence-corrected chi connectivity index (χ0v) is 14.6. The van der Waals surface area contributed by atoms with Crippen LogP contribution in [0.5, 0.6) is 0 Å². The second-order valence-electron chi connectivity index (χ2n) is 4.41. The van der Waals surface area contributed by atoms with Gasteiger partial charge in [0, 0.05) is 32.6 Å². The van der Waals surface area contributed by atoms with Crippen molar-refractivity contribution >= 4 is 24.4 Å². The fourth-order valence-corrected chi connectivity index (χ4v) is 2.68. The molecule has 0 aliphatic carbocycles. The fraction of sp³-hybridized carbons (Fsp3) is 0.917. The summed E-state index contributed by atoms with van der Waals surface area (Å²) in [6.45, 7) is -0.187. The number of aliphatic hydroxyl groups is 1. The van der Waals surface area contributed by atoms with Crippen molar-refractivity contribution in [3.63, 3.8) is 0 Å². The normalized spacial score (nSPS) is 15.4. The van der Waals surface area contributed by atoms with E-state index in [1.54, 1.807) is 0 Å². The number of nitrogens with one attached hydrogen (secondary N) is 1. The average molecular weight is 343 g/mol. The van der Waals surface area contributed by atoms with Gasteiger partial charge in [0.15, 0.2) is 0 Å². The number of carbonyl (C=O) groups excluding carboxylic acids is 1. The Morgan fingerprint density at radius 2 is 2.10 bits per heavy atom. The maximum absolute atomic E-state index is 11.1. The zero-order chi connectivity index (χ0) is 16.1. The van der Waals surface area contributed by atoms with E-state index in [4.69, 9.17) is 25.5 Å². The fourth-order valence-electron chi connectivity index (χ4n) is 1.53. The maximum Gasteiger partial charge on any atom is 0.355 e. The molecule has 2 atom stereocenters. The van der Waals surface area contributed by atoms with Crippen molar-refractivity contribution in [2.45, 2.75) is 32.6 Å². The predicted molar refractivity (Wildman–Crippen MR) is 83.1 cm³/mol. The van der Waals surface area contributed by atoms with E-state index in [-0.39, 0.29) is 25.0 Å². The molecule has 7 nitrogen and oxygen atoms in total. The van der Waals surface area contributed by atoms with Crippen LogP contribution in [0.1, 0.15) is 32.6 Å². The monoisotopic (exact) mass is 343 g/mol. The van der Waals surface area contributed by atoms with Crippen LogP contribution in [-0.2, 0) is 35.2 Å². The van der Waals surface area contributed by atoms with Gasteiger partial charge in [-0.3, -0.25) is 4.79 Å². The maximum atomic E-state index is 11.1. The molecule has 21 heavy (non-hydrogen) atoms. The molecule has 0 saturated carbocycles. The number of rotatable bonds is 13. The third-order valence-electron chi connectivity index (χ3n) is 2.80. The molecule has 0 aliphatic heterocycles. The molecule has 2 unspecified atom stereocenters. The quantitative estimate of drug-likeness (QED) is 0.228. The van der Waals surface area contributed by atoms with Crippen molar-refractivity contribution in [2.75, 3.05) is 34.0 Å². The molecular weight excluding hydrogens is 317 g/mol. The van der Waals surface area contributed by atoms with E-state index >= 15 is 0 Å². The van der Waals surface area contributed by atoms with Crippen LogP contribution in [0.3, 0.4) is 0 Å². The van der Waals surface area contributed by atoms with Crippen molar-refractivity contribution in [3.8, 4) is 0 Å². The smallest absolute Gasteiger partial charge is 0.355 e. The Morgan fingerprint density at radius 1 is 1.38 bits per heavy atom. The van der Waals surface area contributed by atoms with Gasteiger partial charge in [-0.15, -0.1) is 4.67 Å². The summed E-state index contributed by atoms with van der Waals surface area (Å²) in [5.74, 6) is -0.000603. The standard InChI is InChI=1S/C12H26NO6PS/c1-4-12(15)13-8-6-5-7-11(9-14)10-18-20(21,17-3)19-16-2/h11,14H,4-10H2,1-3H3,(H,13,15). The second kappa shape index (κ2) is 12.5. The highest BCUT2D eigenvalue weighted by Gasteiger charge is 2.22. The molecule has 0 aromatic carbocycles. The Balaban J connectivity index is 3.90. The number of hydrogen-bond acceptors (Lipinski definition) is 7. The molecule has 0 rings (SSSR count). The van der Waals surface area contributed by atoms with Gasteiger partial charge in [-0.25, -0.2) is 4.89 Å². The minimum absolute atomic E-state index is 0.00660. The Bertz CT molecular complexity index is 331. The Morgan fingerprint density at radius 3 is 2.62 bits per heavy atom. The van der Waals surface area contributed by atoms with Crippen LogP contribution in [-0.4, -0.2) is 45.0 Å². The first kappa shape index (κ1) is 20.9. The van der Waals surface area contributed by atoms with E-state index in [1.807, 2.05) is 6.92 Å². The molecular formula is C12H26NO6PS. The summed E-state index contributed by atoms with van der Waals surface area (Å²) in [5.41, 5.74) is 0. The number of hydrogen-bond donors (Lipinski definition) is 2. The Kier molecular flexibility index (Phi) is 12.4. The van der Waals surface area contributed by atoms with Crippen LogP contribution in [0.15, 0.2) is 0 Å². The van der Waals surface area contributed by atoms with Gasteiger partial charge in [0.25, 0.3) is 0 Å². The first-order valence-electron chi connectivity index (χ1n) is 6.91. The molecule has 0 aromatic rings. The lowest BCUT2D eigenvalue weighted by molar-refractivity contribution is -0.191. The number of aliphatic hydroxyl groups excluding tert-OH is 1. The van der Waals surface area contributed by atoms with E-state index in [2.05, 4.69) is 10.2 Å². The van der Waals surface area contributed by atoms with Crippen LogP contribution >= 0.6 is 6.72 Å². The van der Waals surface area contributed by atoms with Crippen LogP contribution < -0.4 is 5.32 Å². The van der Waals surface area contributed by atoms with Gasteiger partial charge < -0.3 is 19.5 Å². The van der Waals surface area contributed by atoms with Crippen LogP contribution in [0.4, 0.5) is 0 Å². The van der Waals surface area contributed by atoms with Crippen molar-refractivity contribution in [2.24, 2.45) is 5.92 Å². The first-order chi connectivity index (χ1) is 10.0. The first-order valence-corrected chi connectivity index (χ1v) is 9.47. The topological polar surface area (TPSA) is 86.3 Å². The molecule has 1 amide bonds. The zero-order valence-electron chi connectivity index (χ0n) is 12.9. The molecule has 0 saturated heterocycles. The molecule has 0 aromatic heterocycles. The third-order valence-corrected chi connectivity index (χ3v) is 4.99. The van der Waals surface area contributed by atoms with Gasteiger partial charge >= 0.3 is 6.72 Å². The van der Waals surface area contributed by atoms with Crippen molar-refractivity contribution in [1.82, 2.24) is 5.32 Å². The van der Waals surface area contributed by atoms with Crippen molar-refractivity contribution < 1.29 is 28.5 Å². The highest BCUT2D eigenvalue weighted by molar-refractivity contribution is 8.07. The lowest BCUT2D eigenvalue weighted by atomic mass is 10.0. The minimum atomic E-state index is -2.89. The Labute approximate surface area is 131 Å². The lowest BCUT2D eigenvalue weighted by Gasteiger charge is -2.20. The molecule has 0 fully saturated rings. The van der Waals surface area contributed by atoms with E-state index in [9.17, 15) is 9.90 Å². The summed E-state index contributed by atoms with van der Waals surface area (Å²) >= 11 is 5.06. The molecule has 0 spiro atoms. The van der Waals surface area contributed by atoms with Crippen molar-refractivity contribution in [3.05, 3.63) is 0 Å². The molecule has 2 N–H and O–H groups in total. The second-order valence-corrected chi connectivity index (χ2v) is 7.42. The molecule has 0 heterocycles. The van der Waals surface area contributed by atoms with Crippen LogP contribution in [0, 0.1) is 5.92 Å². The van der Waals surface area contributed by atoms with Crippen LogP contribution in [0.25, 0.3) is 0 Å². The van der Waals surface area contributed by atoms with E-state index in [0.29, 0.717) is 13.0 Å². The van der Waals surface area contributed by atoms with Gasteiger partial charge in [0.1, 0.15) is 0 Å². The van der Waals surface area contributed by atoms with Gasteiger partial charge in [0.05, 0.1) is 13.7 Å². The van der Waals surface area contributed by atoms with Gasteiger partial charge in [-0.05, 0) is 24.6 Å². The number of amides is 1. The third kappa shape index (κ3) is 10.3. The van der Waals surface area contributed by atoms with Gasteiger partial charge in [-0.1, -0.05) is 13.3 Å². The van der Waals surface area contributed by atoms with Gasteiger partial charge in [-0.2, -0.15) is 0 Å². The highest BCUT2D eigenvalue weighted by atomic mass is 32.5. The summed E-state index contributed by atoms with van der Waals surface area (Å²) in [7, 11) is 2.72. The van der Waals surface area contributed by atoms with E-state index in [0.717, 1.165) is 19.3 Å². The number of carbonyl (C=O) groups is 1. The molecule has 0 radical (unpaired) electrons. The SMILES string of the molecule is CCC(=O)NCCCCC(CO)COP(=S)(OC)OOC. The highest BCUT2D eigenvalue weighted by Crippen LogP contribution is 2.49. The summed E-state index contributed by atoms with van der Waals surface area (Å²) < 4.78 is 15.2. The Hall–Kier alpha value is -0.0800. The molecule has 0 aliphatic rings. The molecule has 126 valence electrons. The lowest BCUT2D eigenvalue weighted by Crippen LogP contribution is -2.23. The summed E-state index contributed by atoms with van der Waals surface area (Å²) in [6.07, 6.45) is 2.99. The van der Waals surface area contributed by atoms with Gasteiger partial charge in [0.2, 0.25) is 5.91 Å². The average Bonchev–Trinajstić information content (AvgIpc) is 2.49. The van der Waals surface area contributed by atoms with Crippen LogP contribution in [0.2, 0.25) is 0 Å². The number of unbranched alkanes of at least 4 members (excludes halogenated alkanes) is 1. The van der Waals surface area contributed by atoms with E-state index in [1.165, 1.54) is 14.2 Å². The largest absolute Gasteiger partial charge is 0.396 e. The summed E-state index contributed by atoms with van der Waals surface area (Å²) in [5, 5.41) is 12.1.